The minimum atomic E-state index is -0.216. The minimum absolute atomic E-state index is 0.216. The second kappa shape index (κ2) is 7.33. The first-order chi connectivity index (χ1) is 10.2. The average Bonchev–Trinajstić information content (AvgIpc) is 2.91. The van der Waals surface area contributed by atoms with Gasteiger partial charge in [0, 0.05) is 11.4 Å². The van der Waals surface area contributed by atoms with Gasteiger partial charge in [-0.25, -0.2) is 0 Å². The van der Waals surface area contributed by atoms with Crippen LogP contribution >= 0.6 is 22.9 Å². The number of hydrogen-bond acceptors (Lipinski definition) is 4. The first-order valence-corrected chi connectivity index (χ1v) is 7.58. The van der Waals surface area contributed by atoms with Gasteiger partial charge in [-0.15, -0.1) is 11.3 Å². The molecule has 0 bridgehead atoms. The van der Waals surface area contributed by atoms with Crippen molar-refractivity contribution in [2.75, 3.05) is 20.8 Å². The highest BCUT2D eigenvalue weighted by Gasteiger charge is 2.17. The number of rotatable bonds is 6. The molecule has 0 aliphatic carbocycles. The van der Waals surface area contributed by atoms with E-state index in [0.717, 1.165) is 15.6 Å². The lowest BCUT2D eigenvalue weighted by atomic mass is 10.1. The summed E-state index contributed by atoms with van der Waals surface area (Å²) in [6.45, 7) is 0.525. The number of benzene rings is 1. The van der Waals surface area contributed by atoms with Gasteiger partial charge in [-0.2, -0.15) is 0 Å². The van der Waals surface area contributed by atoms with Crippen molar-refractivity contribution in [2.45, 2.75) is 6.42 Å². The fraction of sp³-hybridized carbons (Fsp3) is 0.267. The van der Waals surface area contributed by atoms with Gasteiger partial charge in [0.2, 0.25) is 0 Å². The van der Waals surface area contributed by atoms with Gasteiger partial charge in [0.05, 0.1) is 18.6 Å². The molecular weight excluding hydrogens is 310 g/mol. The van der Waals surface area contributed by atoms with E-state index in [0.29, 0.717) is 23.6 Å². The maximum absolute atomic E-state index is 12.3. The van der Waals surface area contributed by atoms with Crippen molar-refractivity contribution in [1.29, 1.82) is 0 Å². The van der Waals surface area contributed by atoms with Crippen LogP contribution < -0.4 is 14.8 Å². The van der Waals surface area contributed by atoms with E-state index in [4.69, 9.17) is 21.1 Å². The summed E-state index contributed by atoms with van der Waals surface area (Å²) in [5.41, 5.74) is 0.409. The molecule has 2 aromatic rings. The lowest BCUT2D eigenvalue weighted by molar-refractivity contribution is 0.0948. The van der Waals surface area contributed by atoms with Crippen molar-refractivity contribution >= 4 is 28.8 Å². The molecular formula is C15H16ClNO3S. The van der Waals surface area contributed by atoms with E-state index in [1.807, 2.05) is 12.1 Å². The average molecular weight is 326 g/mol. The van der Waals surface area contributed by atoms with E-state index in [1.54, 1.807) is 18.2 Å². The highest BCUT2D eigenvalue weighted by atomic mass is 35.5. The molecule has 112 valence electrons. The van der Waals surface area contributed by atoms with E-state index in [9.17, 15) is 4.79 Å². The molecule has 1 heterocycles. The number of hydrogen-bond donors (Lipinski definition) is 1. The van der Waals surface area contributed by atoms with Crippen LogP contribution in [0, 0.1) is 0 Å². The zero-order chi connectivity index (χ0) is 15.2. The molecule has 0 unspecified atom stereocenters. The van der Waals surface area contributed by atoms with E-state index >= 15 is 0 Å². The molecule has 0 fully saturated rings. The lowest BCUT2D eigenvalue weighted by Crippen LogP contribution is -2.26. The molecule has 1 aromatic heterocycles. The van der Waals surface area contributed by atoms with Crippen LogP contribution in [0.3, 0.4) is 0 Å². The van der Waals surface area contributed by atoms with Gasteiger partial charge in [-0.05, 0) is 30.7 Å². The molecule has 0 radical (unpaired) electrons. The van der Waals surface area contributed by atoms with Crippen molar-refractivity contribution in [1.82, 2.24) is 5.32 Å². The maximum atomic E-state index is 12.3. The number of carbonyl (C=O) groups excluding carboxylic acids is 1. The SMILES string of the molecule is COc1cccc(OC)c1C(=O)NCCc1ccc(Cl)s1. The zero-order valence-corrected chi connectivity index (χ0v) is 13.4. The summed E-state index contributed by atoms with van der Waals surface area (Å²) in [6.07, 6.45) is 0.737. The third-order valence-corrected chi connectivity index (χ3v) is 4.23. The highest BCUT2D eigenvalue weighted by molar-refractivity contribution is 7.16. The van der Waals surface area contributed by atoms with Crippen LogP contribution in [0.4, 0.5) is 0 Å². The Hall–Kier alpha value is -1.72. The number of methoxy groups -OCH3 is 2. The van der Waals surface area contributed by atoms with Gasteiger partial charge in [-0.3, -0.25) is 4.79 Å². The zero-order valence-electron chi connectivity index (χ0n) is 11.8. The van der Waals surface area contributed by atoms with Gasteiger partial charge in [0.25, 0.3) is 5.91 Å². The summed E-state index contributed by atoms with van der Waals surface area (Å²) in [5, 5.41) is 2.87. The second-order valence-corrected chi connectivity index (χ2v) is 6.05. The van der Waals surface area contributed by atoms with Crippen LogP contribution in [0.5, 0.6) is 11.5 Å². The minimum Gasteiger partial charge on any atom is -0.496 e. The van der Waals surface area contributed by atoms with Gasteiger partial charge in [0.15, 0.2) is 0 Å². The Morgan fingerprint density at radius 3 is 2.38 bits per heavy atom. The van der Waals surface area contributed by atoms with E-state index in [1.165, 1.54) is 25.6 Å². The molecule has 1 N–H and O–H groups in total. The topological polar surface area (TPSA) is 47.6 Å². The van der Waals surface area contributed by atoms with Crippen LogP contribution in [0.15, 0.2) is 30.3 Å². The van der Waals surface area contributed by atoms with Crippen molar-refractivity contribution < 1.29 is 14.3 Å². The first-order valence-electron chi connectivity index (χ1n) is 6.39. The summed E-state index contributed by atoms with van der Waals surface area (Å²) in [6, 6.07) is 9.06. The molecule has 4 nitrogen and oxygen atoms in total. The number of thiophene rings is 1. The Labute approximate surface area is 132 Å². The fourth-order valence-corrected chi connectivity index (χ4v) is 3.04. The number of ether oxygens (including phenoxy) is 2. The van der Waals surface area contributed by atoms with Gasteiger partial charge in [0.1, 0.15) is 17.1 Å². The molecule has 0 saturated heterocycles. The third-order valence-electron chi connectivity index (χ3n) is 2.94. The molecule has 1 amide bonds. The number of halogens is 1. The molecule has 21 heavy (non-hydrogen) atoms. The van der Waals surface area contributed by atoms with Crippen LogP contribution in [0.1, 0.15) is 15.2 Å². The van der Waals surface area contributed by atoms with E-state index < -0.39 is 0 Å². The first kappa shape index (κ1) is 15.7. The largest absolute Gasteiger partial charge is 0.496 e. The molecule has 2 rings (SSSR count). The molecule has 6 heteroatoms. The summed E-state index contributed by atoms with van der Waals surface area (Å²) < 4.78 is 11.2. The summed E-state index contributed by atoms with van der Waals surface area (Å²) >= 11 is 7.39. The predicted octanol–water partition coefficient (Wildman–Crippen LogP) is 3.39. The Balaban J connectivity index is 2.03. The normalized spacial score (nSPS) is 10.2. The Kier molecular flexibility index (Phi) is 5.47. The number of carbonyl (C=O) groups is 1. The third kappa shape index (κ3) is 3.89. The van der Waals surface area contributed by atoms with Crippen molar-refractivity contribution in [3.8, 4) is 11.5 Å². The van der Waals surface area contributed by atoms with Gasteiger partial charge >= 0.3 is 0 Å². The Morgan fingerprint density at radius 1 is 1.19 bits per heavy atom. The molecule has 0 atom stereocenters. The summed E-state index contributed by atoms with van der Waals surface area (Å²) in [5.74, 6) is 0.768. The summed E-state index contributed by atoms with van der Waals surface area (Å²) in [7, 11) is 3.05. The van der Waals surface area contributed by atoms with Crippen LogP contribution in [-0.2, 0) is 6.42 Å². The molecule has 0 aliphatic rings. The van der Waals surface area contributed by atoms with Crippen molar-refractivity contribution in [3.63, 3.8) is 0 Å². The van der Waals surface area contributed by atoms with Crippen LogP contribution in [-0.4, -0.2) is 26.7 Å². The number of nitrogens with one attached hydrogen (secondary N) is 1. The lowest BCUT2D eigenvalue weighted by Gasteiger charge is -2.12. The van der Waals surface area contributed by atoms with E-state index in [-0.39, 0.29) is 5.91 Å². The molecule has 1 aromatic carbocycles. The smallest absolute Gasteiger partial charge is 0.258 e. The van der Waals surface area contributed by atoms with Crippen LogP contribution in [0.25, 0.3) is 0 Å². The Morgan fingerprint density at radius 2 is 1.86 bits per heavy atom. The monoisotopic (exact) mass is 325 g/mol. The van der Waals surface area contributed by atoms with E-state index in [2.05, 4.69) is 5.32 Å². The molecule has 0 aliphatic heterocycles. The molecule has 0 saturated carbocycles. The standard InChI is InChI=1S/C15H16ClNO3S/c1-19-11-4-3-5-12(20-2)14(11)15(18)17-9-8-10-6-7-13(16)21-10/h3-7H,8-9H2,1-2H3,(H,17,18). The summed E-state index contributed by atoms with van der Waals surface area (Å²) in [4.78, 5) is 13.4. The van der Waals surface area contributed by atoms with Crippen molar-refractivity contribution in [2.24, 2.45) is 0 Å². The van der Waals surface area contributed by atoms with Crippen LogP contribution in [0.2, 0.25) is 4.34 Å². The fourth-order valence-electron chi connectivity index (χ4n) is 1.95. The Bertz CT molecular complexity index is 605. The van der Waals surface area contributed by atoms with Crippen molar-refractivity contribution in [3.05, 3.63) is 45.1 Å². The quantitative estimate of drug-likeness (QED) is 0.885. The highest BCUT2D eigenvalue weighted by Crippen LogP contribution is 2.28. The predicted molar refractivity (Wildman–Crippen MR) is 84.9 cm³/mol. The molecule has 0 spiro atoms. The maximum Gasteiger partial charge on any atom is 0.258 e. The van der Waals surface area contributed by atoms with Gasteiger partial charge in [-0.1, -0.05) is 17.7 Å². The van der Waals surface area contributed by atoms with Gasteiger partial charge < -0.3 is 14.8 Å². The number of amides is 1. The second-order valence-electron chi connectivity index (χ2n) is 4.25.